The largest absolute Gasteiger partial charge is 0.416 e. The summed E-state index contributed by atoms with van der Waals surface area (Å²) >= 11 is 1.93. The summed E-state index contributed by atoms with van der Waals surface area (Å²) in [6, 6.07) is 6.05. The van der Waals surface area contributed by atoms with Crippen LogP contribution in [-0.2, 0) is 6.18 Å². The van der Waals surface area contributed by atoms with Gasteiger partial charge in [-0.25, -0.2) is 0 Å². The maximum absolute atomic E-state index is 12.5. The zero-order valence-electron chi connectivity index (χ0n) is 12.4. The van der Waals surface area contributed by atoms with Crippen molar-refractivity contribution in [3.8, 4) is 0 Å². The lowest BCUT2D eigenvalue weighted by Crippen LogP contribution is -2.35. The predicted molar refractivity (Wildman–Crippen MR) is 82.6 cm³/mol. The smallest absolute Gasteiger partial charge is 0.307 e. The Kier molecular flexibility index (Phi) is 5.60. The topological polar surface area (TPSA) is 12.0 Å². The van der Waals surface area contributed by atoms with Crippen molar-refractivity contribution < 1.29 is 13.2 Å². The molecule has 21 heavy (non-hydrogen) atoms. The SMILES string of the molecule is CSC1CCC(NC(C)c2ccc(C(F)(F)F)cc2)CC1. The molecule has 0 radical (unpaired) electrons. The molecule has 1 aliphatic carbocycles. The van der Waals surface area contributed by atoms with E-state index in [0.717, 1.165) is 35.8 Å². The van der Waals surface area contributed by atoms with Crippen LogP contribution in [0.4, 0.5) is 13.2 Å². The molecule has 1 nitrogen and oxygen atoms in total. The third kappa shape index (κ3) is 4.65. The molecule has 2 rings (SSSR count). The number of hydrogen-bond donors (Lipinski definition) is 1. The van der Waals surface area contributed by atoms with E-state index < -0.39 is 11.7 Å². The van der Waals surface area contributed by atoms with Crippen molar-refractivity contribution in [1.29, 1.82) is 0 Å². The second-order valence-corrected chi connectivity index (χ2v) is 6.86. The van der Waals surface area contributed by atoms with Crippen LogP contribution in [0.5, 0.6) is 0 Å². The van der Waals surface area contributed by atoms with E-state index in [1.807, 2.05) is 18.7 Å². The fraction of sp³-hybridized carbons (Fsp3) is 0.625. The summed E-state index contributed by atoms with van der Waals surface area (Å²) in [5, 5.41) is 4.32. The van der Waals surface area contributed by atoms with Gasteiger partial charge in [0, 0.05) is 17.3 Å². The minimum atomic E-state index is -4.26. The van der Waals surface area contributed by atoms with Gasteiger partial charge < -0.3 is 5.32 Å². The molecule has 1 N–H and O–H groups in total. The van der Waals surface area contributed by atoms with E-state index in [0.29, 0.717) is 6.04 Å². The number of rotatable bonds is 4. The third-order valence-corrected chi connectivity index (χ3v) is 5.37. The van der Waals surface area contributed by atoms with Gasteiger partial charge in [-0.15, -0.1) is 0 Å². The number of hydrogen-bond acceptors (Lipinski definition) is 2. The maximum Gasteiger partial charge on any atom is 0.416 e. The van der Waals surface area contributed by atoms with Crippen molar-refractivity contribution in [2.45, 2.75) is 56.1 Å². The Labute approximate surface area is 128 Å². The fourth-order valence-corrected chi connectivity index (χ4v) is 3.62. The lowest BCUT2D eigenvalue weighted by atomic mass is 9.93. The Balaban J connectivity index is 1.90. The summed E-state index contributed by atoms with van der Waals surface area (Å²) < 4.78 is 37.6. The molecule has 1 saturated carbocycles. The van der Waals surface area contributed by atoms with Crippen molar-refractivity contribution in [3.63, 3.8) is 0 Å². The molecule has 5 heteroatoms. The number of thioether (sulfide) groups is 1. The summed E-state index contributed by atoms with van der Waals surface area (Å²) in [6.07, 6.45) is 2.64. The molecule has 0 heterocycles. The van der Waals surface area contributed by atoms with Crippen molar-refractivity contribution in [2.75, 3.05) is 6.26 Å². The van der Waals surface area contributed by atoms with Gasteiger partial charge in [0.2, 0.25) is 0 Å². The van der Waals surface area contributed by atoms with Gasteiger partial charge in [0.25, 0.3) is 0 Å². The Morgan fingerprint density at radius 1 is 1.10 bits per heavy atom. The number of alkyl halides is 3. The van der Waals surface area contributed by atoms with Crippen LogP contribution in [0.15, 0.2) is 24.3 Å². The second kappa shape index (κ2) is 7.05. The molecule has 0 saturated heterocycles. The first-order valence-electron chi connectivity index (χ1n) is 7.36. The molecule has 0 amide bonds. The van der Waals surface area contributed by atoms with Gasteiger partial charge in [-0.2, -0.15) is 24.9 Å². The maximum atomic E-state index is 12.5. The first-order chi connectivity index (χ1) is 9.90. The van der Waals surface area contributed by atoms with Crippen LogP contribution < -0.4 is 5.32 Å². The molecule has 1 aromatic rings. The van der Waals surface area contributed by atoms with Crippen LogP contribution in [0.25, 0.3) is 0 Å². The van der Waals surface area contributed by atoms with E-state index in [-0.39, 0.29) is 6.04 Å². The molecule has 1 fully saturated rings. The van der Waals surface area contributed by atoms with Crippen LogP contribution >= 0.6 is 11.8 Å². The lowest BCUT2D eigenvalue weighted by Gasteiger charge is -2.30. The van der Waals surface area contributed by atoms with Crippen molar-refractivity contribution >= 4 is 11.8 Å². The summed E-state index contributed by atoms with van der Waals surface area (Å²) in [7, 11) is 0. The minimum absolute atomic E-state index is 0.0862. The first kappa shape index (κ1) is 16.7. The zero-order chi connectivity index (χ0) is 15.5. The van der Waals surface area contributed by atoms with Crippen molar-refractivity contribution in [1.82, 2.24) is 5.32 Å². The van der Waals surface area contributed by atoms with Crippen LogP contribution in [0, 0.1) is 0 Å². The molecule has 0 aromatic heterocycles. The summed E-state index contributed by atoms with van der Waals surface area (Å²) in [5.41, 5.74) is 0.328. The molecule has 0 spiro atoms. The molecule has 1 aromatic carbocycles. The highest BCUT2D eigenvalue weighted by Crippen LogP contribution is 2.31. The lowest BCUT2D eigenvalue weighted by molar-refractivity contribution is -0.137. The number of halogens is 3. The van der Waals surface area contributed by atoms with Gasteiger partial charge in [0.05, 0.1) is 5.56 Å². The van der Waals surface area contributed by atoms with E-state index in [1.54, 1.807) is 12.1 Å². The zero-order valence-corrected chi connectivity index (χ0v) is 13.2. The number of nitrogens with one attached hydrogen (secondary N) is 1. The summed E-state index contributed by atoms with van der Waals surface area (Å²) in [4.78, 5) is 0. The standard InChI is InChI=1S/C16H22F3NS/c1-11(20-14-7-9-15(21-2)10-8-14)12-3-5-13(6-4-12)16(17,18)19/h3-6,11,14-15,20H,7-10H2,1-2H3. The molecule has 0 bridgehead atoms. The summed E-state index contributed by atoms with van der Waals surface area (Å²) in [6.45, 7) is 2.02. The molecular formula is C16H22F3NS. The molecule has 118 valence electrons. The second-order valence-electron chi connectivity index (χ2n) is 5.72. The van der Waals surface area contributed by atoms with Crippen LogP contribution in [-0.4, -0.2) is 17.5 Å². The van der Waals surface area contributed by atoms with Crippen LogP contribution in [0.1, 0.15) is 49.8 Å². The van der Waals surface area contributed by atoms with Crippen molar-refractivity contribution in [2.24, 2.45) is 0 Å². The molecule has 1 unspecified atom stereocenters. The average molecular weight is 317 g/mol. The quantitative estimate of drug-likeness (QED) is 0.836. The van der Waals surface area contributed by atoms with E-state index in [1.165, 1.54) is 12.8 Å². The van der Waals surface area contributed by atoms with Crippen LogP contribution in [0.2, 0.25) is 0 Å². The van der Waals surface area contributed by atoms with E-state index in [4.69, 9.17) is 0 Å². The minimum Gasteiger partial charge on any atom is -0.307 e. The molecular weight excluding hydrogens is 295 g/mol. The Morgan fingerprint density at radius 3 is 2.14 bits per heavy atom. The Bertz CT molecular complexity index is 436. The number of benzene rings is 1. The third-order valence-electron chi connectivity index (χ3n) is 4.23. The summed E-state index contributed by atoms with van der Waals surface area (Å²) in [5.74, 6) is 0. The van der Waals surface area contributed by atoms with E-state index in [2.05, 4.69) is 11.6 Å². The van der Waals surface area contributed by atoms with Gasteiger partial charge >= 0.3 is 6.18 Å². The van der Waals surface area contributed by atoms with Crippen LogP contribution in [0.3, 0.4) is 0 Å². The highest BCUT2D eigenvalue weighted by molar-refractivity contribution is 7.99. The highest BCUT2D eigenvalue weighted by atomic mass is 32.2. The van der Waals surface area contributed by atoms with Gasteiger partial charge in [-0.1, -0.05) is 12.1 Å². The monoisotopic (exact) mass is 317 g/mol. The molecule has 1 atom stereocenters. The van der Waals surface area contributed by atoms with Gasteiger partial charge in [-0.3, -0.25) is 0 Å². The first-order valence-corrected chi connectivity index (χ1v) is 8.65. The molecule has 0 aliphatic heterocycles. The molecule has 1 aliphatic rings. The van der Waals surface area contributed by atoms with Gasteiger partial charge in [0.15, 0.2) is 0 Å². The van der Waals surface area contributed by atoms with E-state index in [9.17, 15) is 13.2 Å². The fourth-order valence-electron chi connectivity index (χ4n) is 2.88. The van der Waals surface area contributed by atoms with Gasteiger partial charge in [-0.05, 0) is 56.6 Å². The Morgan fingerprint density at radius 2 is 1.67 bits per heavy atom. The van der Waals surface area contributed by atoms with E-state index >= 15 is 0 Å². The highest BCUT2D eigenvalue weighted by Gasteiger charge is 2.30. The van der Waals surface area contributed by atoms with Gasteiger partial charge in [0.1, 0.15) is 0 Å². The average Bonchev–Trinajstić information content (AvgIpc) is 2.47. The Hall–Kier alpha value is -0.680. The van der Waals surface area contributed by atoms with Crippen molar-refractivity contribution in [3.05, 3.63) is 35.4 Å². The predicted octanol–water partition coefficient (Wildman–Crippen LogP) is 5.03. The normalized spacial score (nSPS) is 24.8.